The Balaban J connectivity index is 2.78. The zero-order valence-corrected chi connectivity index (χ0v) is 7.09. The van der Waals surface area contributed by atoms with Crippen LogP contribution in [0.1, 0.15) is 11.3 Å². The van der Waals surface area contributed by atoms with Crippen LogP contribution in [0.3, 0.4) is 0 Å². The summed E-state index contributed by atoms with van der Waals surface area (Å²) < 4.78 is 0. The molecule has 0 aliphatic heterocycles. The van der Waals surface area contributed by atoms with Crippen molar-refractivity contribution in [2.45, 2.75) is 13.5 Å². The molecule has 2 rings (SSSR count). The number of aryl methyl sites for hydroxylation is 1. The molecule has 0 aliphatic carbocycles. The van der Waals surface area contributed by atoms with Gasteiger partial charge in [-0.1, -0.05) is 12.1 Å². The SMILES string of the molecule is Cc1cc2c(CN)cccc2[nH]1. The van der Waals surface area contributed by atoms with Gasteiger partial charge in [-0.05, 0) is 24.6 Å². The summed E-state index contributed by atoms with van der Waals surface area (Å²) in [6.07, 6.45) is 0. The molecule has 12 heavy (non-hydrogen) atoms. The maximum absolute atomic E-state index is 5.61. The molecule has 62 valence electrons. The maximum Gasteiger partial charge on any atom is 0.0459 e. The number of H-pyrrole nitrogens is 1. The Morgan fingerprint density at radius 2 is 2.25 bits per heavy atom. The van der Waals surface area contributed by atoms with Crippen LogP contribution >= 0.6 is 0 Å². The average Bonchev–Trinajstić information content (AvgIpc) is 2.44. The Morgan fingerprint density at radius 3 is 3.00 bits per heavy atom. The van der Waals surface area contributed by atoms with Crippen molar-refractivity contribution in [1.82, 2.24) is 4.98 Å². The number of aromatic amines is 1. The van der Waals surface area contributed by atoms with Crippen molar-refractivity contribution in [3.8, 4) is 0 Å². The normalized spacial score (nSPS) is 10.8. The van der Waals surface area contributed by atoms with E-state index in [-0.39, 0.29) is 0 Å². The summed E-state index contributed by atoms with van der Waals surface area (Å²) in [6, 6.07) is 8.30. The Hall–Kier alpha value is -1.28. The molecule has 1 aromatic heterocycles. The second-order valence-electron chi connectivity index (χ2n) is 3.03. The van der Waals surface area contributed by atoms with Gasteiger partial charge in [-0.2, -0.15) is 0 Å². The van der Waals surface area contributed by atoms with Gasteiger partial charge in [0.1, 0.15) is 0 Å². The highest BCUT2D eigenvalue weighted by Crippen LogP contribution is 2.18. The number of nitrogens with two attached hydrogens (primary N) is 1. The summed E-state index contributed by atoms with van der Waals surface area (Å²) in [7, 11) is 0. The first-order valence-corrected chi connectivity index (χ1v) is 4.08. The third kappa shape index (κ3) is 1.01. The van der Waals surface area contributed by atoms with Crippen LogP contribution < -0.4 is 5.73 Å². The van der Waals surface area contributed by atoms with Gasteiger partial charge in [0, 0.05) is 23.1 Å². The van der Waals surface area contributed by atoms with Crippen molar-refractivity contribution in [1.29, 1.82) is 0 Å². The third-order valence-corrected chi connectivity index (χ3v) is 2.11. The lowest BCUT2D eigenvalue weighted by Crippen LogP contribution is -1.95. The minimum atomic E-state index is 0.606. The van der Waals surface area contributed by atoms with Crippen molar-refractivity contribution in [3.05, 3.63) is 35.5 Å². The number of fused-ring (bicyclic) bond motifs is 1. The Kier molecular flexibility index (Phi) is 1.62. The summed E-state index contributed by atoms with van der Waals surface area (Å²) in [6.45, 7) is 2.66. The fraction of sp³-hybridized carbons (Fsp3) is 0.200. The first-order chi connectivity index (χ1) is 5.81. The number of hydrogen-bond donors (Lipinski definition) is 2. The first-order valence-electron chi connectivity index (χ1n) is 4.08. The van der Waals surface area contributed by atoms with Gasteiger partial charge in [-0.3, -0.25) is 0 Å². The molecule has 3 N–H and O–H groups in total. The van der Waals surface area contributed by atoms with Gasteiger partial charge in [0.2, 0.25) is 0 Å². The predicted octanol–water partition coefficient (Wildman–Crippen LogP) is 1.94. The highest BCUT2D eigenvalue weighted by Gasteiger charge is 2.00. The molecular formula is C10H12N2. The highest BCUT2D eigenvalue weighted by atomic mass is 14.7. The molecule has 0 fully saturated rings. The fourth-order valence-corrected chi connectivity index (χ4v) is 1.54. The van der Waals surface area contributed by atoms with Crippen molar-refractivity contribution in [2.24, 2.45) is 5.73 Å². The van der Waals surface area contributed by atoms with Crippen LogP contribution in [-0.4, -0.2) is 4.98 Å². The summed E-state index contributed by atoms with van der Waals surface area (Å²) >= 11 is 0. The van der Waals surface area contributed by atoms with E-state index >= 15 is 0 Å². The summed E-state index contributed by atoms with van der Waals surface area (Å²) in [4.78, 5) is 3.28. The van der Waals surface area contributed by atoms with Crippen molar-refractivity contribution < 1.29 is 0 Å². The lowest BCUT2D eigenvalue weighted by atomic mass is 10.1. The van der Waals surface area contributed by atoms with Crippen LogP contribution in [0.2, 0.25) is 0 Å². The lowest BCUT2D eigenvalue weighted by Gasteiger charge is -1.96. The van der Waals surface area contributed by atoms with E-state index in [1.165, 1.54) is 22.2 Å². The Bertz CT molecular complexity index is 401. The molecule has 0 atom stereocenters. The molecule has 2 nitrogen and oxygen atoms in total. The van der Waals surface area contributed by atoms with Gasteiger partial charge < -0.3 is 10.7 Å². The fourth-order valence-electron chi connectivity index (χ4n) is 1.54. The summed E-state index contributed by atoms with van der Waals surface area (Å²) in [5.41, 5.74) is 9.18. The molecular weight excluding hydrogens is 148 g/mol. The molecule has 2 aromatic rings. The predicted molar refractivity (Wildman–Crippen MR) is 50.9 cm³/mol. The minimum absolute atomic E-state index is 0.606. The van der Waals surface area contributed by atoms with Crippen LogP contribution in [-0.2, 0) is 6.54 Å². The zero-order valence-electron chi connectivity index (χ0n) is 7.09. The van der Waals surface area contributed by atoms with Gasteiger partial charge in [0.15, 0.2) is 0 Å². The molecule has 0 saturated carbocycles. The molecule has 1 aromatic carbocycles. The van der Waals surface area contributed by atoms with E-state index in [0.29, 0.717) is 6.54 Å². The molecule has 0 spiro atoms. The standard InChI is InChI=1S/C10H12N2/c1-7-5-9-8(6-11)3-2-4-10(9)12-7/h2-5,12H,6,11H2,1H3. The molecule has 2 heteroatoms. The van der Waals surface area contributed by atoms with E-state index in [2.05, 4.69) is 30.1 Å². The van der Waals surface area contributed by atoms with E-state index in [9.17, 15) is 0 Å². The molecule has 0 unspecified atom stereocenters. The first kappa shape index (κ1) is 7.37. The Labute approximate surface area is 71.4 Å². The van der Waals surface area contributed by atoms with E-state index < -0.39 is 0 Å². The molecule has 0 saturated heterocycles. The van der Waals surface area contributed by atoms with E-state index in [0.717, 1.165) is 0 Å². The summed E-state index contributed by atoms with van der Waals surface area (Å²) in [5, 5.41) is 1.25. The van der Waals surface area contributed by atoms with Crippen molar-refractivity contribution in [2.75, 3.05) is 0 Å². The van der Waals surface area contributed by atoms with E-state index in [4.69, 9.17) is 5.73 Å². The highest BCUT2D eigenvalue weighted by molar-refractivity contribution is 5.83. The van der Waals surface area contributed by atoms with Crippen molar-refractivity contribution in [3.63, 3.8) is 0 Å². The van der Waals surface area contributed by atoms with Crippen LogP contribution in [0.15, 0.2) is 24.3 Å². The third-order valence-electron chi connectivity index (χ3n) is 2.11. The number of benzene rings is 1. The van der Waals surface area contributed by atoms with Crippen LogP contribution in [0.25, 0.3) is 10.9 Å². The Morgan fingerprint density at radius 1 is 1.42 bits per heavy atom. The topological polar surface area (TPSA) is 41.8 Å². The second kappa shape index (κ2) is 2.64. The maximum atomic E-state index is 5.61. The monoisotopic (exact) mass is 160 g/mol. The number of aromatic nitrogens is 1. The van der Waals surface area contributed by atoms with Crippen LogP contribution in [0.5, 0.6) is 0 Å². The second-order valence-corrected chi connectivity index (χ2v) is 3.03. The quantitative estimate of drug-likeness (QED) is 0.657. The van der Waals surface area contributed by atoms with Crippen LogP contribution in [0, 0.1) is 6.92 Å². The minimum Gasteiger partial charge on any atom is -0.359 e. The molecule has 1 heterocycles. The number of rotatable bonds is 1. The smallest absolute Gasteiger partial charge is 0.0459 e. The van der Waals surface area contributed by atoms with Gasteiger partial charge >= 0.3 is 0 Å². The van der Waals surface area contributed by atoms with Crippen LogP contribution in [0.4, 0.5) is 0 Å². The molecule has 0 amide bonds. The van der Waals surface area contributed by atoms with Crippen molar-refractivity contribution >= 4 is 10.9 Å². The lowest BCUT2D eigenvalue weighted by molar-refractivity contribution is 1.09. The number of hydrogen-bond acceptors (Lipinski definition) is 1. The molecule has 0 radical (unpaired) electrons. The van der Waals surface area contributed by atoms with Gasteiger partial charge in [0.05, 0.1) is 0 Å². The largest absolute Gasteiger partial charge is 0.359 e. The average molecular weight is 160 g/mol. The van der Waals surface area contributed by atoms with Gasteiger partial charge in [0.25, 0.3) is 0 Å². The van der Waals surface area contributed by atoms with Gasteiger partial charge in [-0.25, -0.2) is 0 Å². The number of nitrogens with one attached hydrogen (secondary N) is 1. The summed E-state index contributed by atoms with van der Waals surface area (Å²) in [5.74, 6) is 0. The van der Waals surface area contributed by atoms with E-state index in [1.807, 2.05) is 6.07 Å². The zero-order chi connectivity index (χ0) is 8.55. The molecule has 0 aliphatic rings. The van der Waals surface area contributed by atoms with Gasteiger partial charge in [-0.15, -0.1) is 0 Å². The van der Waals surface area contributed by atoms with E-state index in [1.54, 1.807) is 0 Å². The molecule has 0 bridgehead atoms.